The number of carbonyl (C=O) groups excluding carboxylic acids is 1. The standard InChI is InChI=1S/C33H44N4O/c1-6-30(35-32(38)36-31-26(23(2)3)16-12-17-27(31)24(4)5)33(19-21-34-22-20-33)37-29-18-11-10-15-28(29)25-13-8-7-9-14-25/h7-18,23-24,30,34,37H,6,19-22H2,1-5H3,(H2,35,36,38). The van der Waals surface area contributed by atoms with E-state index in [4.69, 9.17) is 0 Å². The number of nitrogens with one attached hydrogen (secondary N) is 4. The van der Waals surface area contributed by atoms with Gasteiger partial charge >= 0.3 is 6.03 Å². The van der Waals surface area contributed by atoms with E-state index in [9.17, 15) is 4.79 Å². The Morgan fingerprint density at radius 1 is 0.842 bits per heavy atom. The zero-order valence-corrected chi connectivity index (χ0v) is 23.6. The molecule has 1 aliphatic rings. The number of hydrogen-bond acceptors (Lipinski definition) is 3. The van der Waals surface area contributed by atoms with Gasteiger partial charge in [0, 0.05) is 16.9 Å². The molecule has 1 unspecified atom stereocenters. The maximum atomic E-state index is 13.6. The topological polar surface area (TPSA) is 65.2 Å². The largest absolute Gasteiger partial charge is 0.377 e. The molecule has 5 heteroatoms. The van der Waals surface area contributed by atoms with Gasteiger partial charge in [-0.1, -0.05) is 101 Å². The Labute approximate surface area is 228 Å². The van der Waals surface area contributed by atoms with E-state index < -0.39 is 0 Å². The van der Waals surface area contributed by atoms with Crippen LogP contribution >= 0.6 is 0 Å². The van der Waals surface area contributed by atoms with Crippen LogP contribution in [0, 0.1) is 0 Å². The SMILES string of the molecule is CCC(NC(=O)Nc1c(C(C)C)cccc1C(C)C)C1(Nc2ccccc2-c2ccccc2)CCNCC1. The molecule has 1 heterocycles. The van der Waals surface area contributed by atoms with Gasteiger partial charge in [-0.3, -0.25) is 0 Å². The van der Waals surface area contributed by atoms with Crippen LogP contribution in [-0.4, -0.2) is 30.7 Å². The molecule has 202 valence electrons. The Kier molecular flexibility index (Phi) is 9.11. The number of amides is 2. The molecule has 0 spiro atoms. The minimum Gasteiger partial charge on any atom is -0.377 e. The molecule has 3 aromatic rings. The number of anilines is 2. The molecule has 0 aromatic heterocycles. The Bertz CT molecular complexity index is 1170. The highest BCUT2D eigenvalue weighted by Gasteiger charge is 2.40. The van der Waals surface area contributed by atoms with Crippen LogP contribution in [0.4, 0.5) is 16.2 Å². The molecule has 0 radical (unpaired) electrons. The summed E-state index contributed by atoms with van der Waals surface area (Å²) in [6, 6.07) is 25.2. The Morgan fingerprint density at radius 3 is 2.05 bits per heavy atom. The van der Waals surface area contributed by atoms with E-state index in [1.165, 1.54) is 22.3 Å². The summed E-state index contributed by atoms with van der Waals surface area (Å²) >= 11 is 0. The van der Waals surface area contributed by atoms with Crippen LogP contribution in [0.2, 0.25) is 0 Å². The summed E-state index contributed by atoms with van der Waals surface area (Å²) in [6.45, 7) is 12.7. The van der Waals surface area contributed by atoms with Gasteiger partial charge < -0.3 is 21.3 Å². The van der Waals surface area contributed by atoms with Crippen LogP contribution in [0.25, 0.3) is 11.1 Å². The first kappa shape index (κ1) is 27.7. The smallest absolute Gasteiger partial charge is 0.319 e. The molecule has 0 aliphatic carbocycles. The average molecular weight is 513 g/mol. The van der Waals surface area contributed by atoms with Gasteiger partial charge in [0.2, 0.25) is 0 Å². The van der Waals surface area contributed by atoms with E-state index in [0.29, 0.717) is 11.8 Å². The van der Waals surface area contributed by atoms with Crippen LogP contribution in [0.5, 0.6) is 0 Å². The van der Waals surface area contributed by atoms with Crippen LogP contribution in [0.1, 0.15) is 76.8 Å². The van der Waals surface area contributed by atoms with Gasteiger partial charge in [0.1, 0.15) is 0 Å². The summed E-state index contributed by atoms with van der Waals surface area (Å²) in [7, 11) is 0. The number of para-hydroxylation sites is 2. The lowest BCUT2D eigenvalue weighted by atomic mass is 9.79. The van der Waals surface area contributed by atoms with Gasteiger partial charge in [0.15, 0.2) is 0 Å². The summed E-state index contributed by atoms with van der Waals surface area (Å²) in [5, 5.41) is 14.1. The maximum Gasteiger partial charge on any atom is 0.319 e. The highest BCUT2D eigenvalue weighted by molar-refractivity contribution is 5.92. The maximum absolute atomic E-state index is 13.6. The first-order valence-electron chi connectivity index (χ1n) is 14.2. The fourth-order valence-corrected chi connectivity index (χ4v) is 5.80. The Balaban J connectivity index is 1.62. The van der Waals surface area contributed by atoms with E-state index in [2.05, 4.69) is 123 Å². The third-order valence-corrected chi connectivity index (χ3v) is 7.88. The van der Waals surface area contributed by atoms with Gasteiger partial charge in [0.05, 0.1) is 11.6 Å². The Morgan fingerprint density at radius 2 is 1.45 bits per heavy atom. The minimum atomic E-state index is -0.263. The second-order valence-corrected chi connectivity index (χ2v) is 11.1. The van der Waals surface area contributed by atoms with Crippen LogP contribution < -0.4 is 21.3 Å². The highest BCUT2D eigenvalue weighted by atomic mass is 16.2. The zero-order chi connectivity index (χ0) is 27.1. The van der Waals surface area contributed by atoms with Gasteiger partial charge in [-0.2, -0.15) is 0 Å². The van der Waals surface area contributed by atoms with Crippen molar-refractivity contribution in [2.24, 2.45) is 0 Å². The zero-order valence-electron chi connectivity index (χ0n) is 23.6. The fraction of sp³-hybridized carbons (Fsp3) is 0.424. The van der Waals surface area contributed by atoms with Crippen molar-refractivity contribution < 1.29 is 4.79 Å². The van der Waals surface area contributed by atoms with Gasteiger partial charge in [0.25, 0.3) is 0 Å². The molecule has 1 fully saturated rings. The molecule has 4 N–H and O–H groups in total. The monoisotopic (exact) mass is 512 g/mol. The third kappa shape index (κ3) is 6.21. The minimum absolute atomic E-state index is 0.0397. The summed E-state index contributed by atoms with van der Waals surface area (Å²) in [5.41, 5.74) is 6.50. The molecule has 4 rings (SSSR count). The summed E-state index contributed by atoms with van der Waals surface area (Å²) in [5.74, 6) is 0.635. The van der Waals surface area contributed by atoms with Crippen molar-refractivity contribution in [3.8, 4) is 11.1 Å². The number of benzene rings is 3. The normalized spacial score (nSPS) is 15.8. The average Bonchev–Trinajstić information content (AvgIpc) is 2.92. The molecule has 3 aromatic carbocycles. The Hall–Kier alpha value is -3.31. The summed E-state index contributed by atoms with van der Waals surface area (Å²) in [4.78, 5) is 13.6. The lowest BCUT2D eigenvalue weighted by Gasteiger charge is -2.45. The van der Waals surface area contributed by atoms with Gasteiger partial charge in [-0.25, -0.2) is 4.79 Å². The molecular weight excluding hydrogens is 468 g/mol. The summed E-state index contributed by atoms with van der Waals surface area (Å²) in [6.07, 6.45) is 2.68. The van der Waals surface area contributed by atoms with E-state index in [1.807, 2.05) is 6.07 Å². The number of carbonyl (C=O) groups is 1. The molecule has 2 amide bonds. The van der Waals surface area contributed by atoms with Gasteiger partial charge in [-0.05, 0) is 66.9 Å². The van der Waals surface area contributed by atoms with Crippen molar-refractivity contribution in [3.05, 3.63) is 83.9 Å². The molecule has 1 atom stereocenters. The number of rotatable bonds is 9. The third-order valence-electron chi connectivity index (χ3n) is 7.88. The van der Waals surface area contributed by atoms with Crippen molar-refractivity contribution >= 4 is 17.4 Å². The molecule has 38 heavy (non-hydrogen) atoms. The molecule has 1 saturated heterocycles. The lowest BCUT2D eigenvalue weighted by molar-refractivity contribution is 0.223. The second-order valence-electron chi connectivity index (χ2n) is 11.1. The molecular formula is C33H44N4O. The van der Waals surface area contributed by atoms with Crippen molar-refractivity contribution in [1.29, 1.82) is 0 Å². The fourth-order valence-electron chi connectivity index (χ4n) is 5.80. The van der Waals surface area contributed by atoms with Crippen molar-refractivity contribution in [2.75, 3.05) is 23.7 Å². The van der Waals surface area contributed by atoms with Crippen molar-refractivity contribution in [2.45, 2.75) is 77.3 Å². The second kappa shape index (κ2) is 12.5. The van der Waals surface area contributed by atoms with Crippen molar-refractivity contribution in [1.82, 2.24) is 10.6 Å². The number of urea groups is 1. The summed E-state index contributed by atoms with van der Waals surface area (Å²) < 4.78 is 0. The van der Waals surface area contributed by atoms with Crippen LogP contribution in [0.3, 0.4) is 0 Å². The number of hydrogen-bond donors (Lipinski definition) is 4. The molecule has 0 bridgehead atoms. The molecule has 5 nitrogen and oxygen atoms in total. The van der Waals surface area contributed by atoms with E-state index in [0.717, 1.165) is 43.7 Å². The number of piperidine rings is 1. The van der Waals surface area contributed by atoms with E-state index in [1.54, 1.807) is 0 Å². The first-order valence-corrected chi connectivity index (χ1v) is 14.2. The van der Waals surface area contributed by atoms with Crippen LogP contribution in [-0.2, 0) is 0 Å². The molecule has 0 saturated carbocycles. The van der Waals surface area contributed by atoms with Crippen LogP contribution in [0.15, 0.2) is 72.8 Å². The van der Waals surface area contributed by atoms with E-state index in [-0.39, 0.29) is 17.6 Å². The molecule has 1 aliphatic heterocycles. The van der Waals surface area contributed by atoms with Gasteiger partial charge in [-0.15, -0.1) is 0 Å². The highest BCUT2D eigenvalue weighted by Crippen LogP contribution is 2.36. The van der Waals surface area contributed by atoms with Crippen molar-refractivity contribution in [3.63, 3.8) is 0 Å². The predicted molar refractivity (Wildman–Crippen MR) is 161 cm³/mol. The van der Waals surface area contributed by atoms with E-state index >= 15 is 0 Å². The quantitative estimate of drug-likeness (QED) is 0.237. The first-order chi connectivity index (χ1) is 18.3. The predicted octanol–water partition coefficient (Wildman–Crippen LogP) is 7.73. The lowest BCUT2D eigenvalue weighted by Crippen LogP contribution is -2.61.